The number of hydrogen-bond acceptors (Lipinski definition) is 2. The third-order valence-electron chi connectivity index (χ3n) is 4.53. The summed E-state index contributed by atoms with van der Waals surface area (Å²) >= 11 is 0. The minimum atomic E-state index is -0.134. The summed E-state index contributed by atoms with van der Waals surface area (Å²) in [6.45, 7) is 5.04. The molecule has 0 atom stereocenters. The van der Waals surface area contributed by atoms with Crippen LogP contribution in [0, 0.1) is 6.92 Å². The van der Waals surface area contributed by atoms with E-state index in [0.29, 0.717) is 24.2 Å². The molecule has 1 heterocycles. The Morgan fingerprint density at radius 1 is 1.08 bits per heavy atom. The average molecular weight is 348 g/mol. The highest BCUT2D eigenvalue weighted by Crippen LogP contribution is 2.15. The number of amides is 1. The molecule has 0 radical (unpaired) electrons. The molecule has 0 aliphatic heterocycles. The highest BCUT2D eigenvalue weighted by molar-refractivity contribution is 5.94. The Morgan fingerprint density at radius 2 is 1.85 bits per heavy atom. The molecular formula is C22H24N2O2. The molecule has 0 saturated heterocycles. The number of H-pyrrole nitrogens is 1. The number of pyridine rings is 1. The number of benzene rings is 2. The smallest absolute Gasteiger partial charge is 0.254 e. The van der Waals surface area contributed by atoms with Crippen molar-refractivity contribution >= 4 is 16.8 Å². The van der Waals surface area contributed by atoms with Gasteiger partial charge in [-0.3, -0.25) is 9.59 Å². The van der Waals surface area contributed by atoms with Crippen LogP contribution in [0.5, 0.6) is 0 Å². The van der Waals surface area contributed by atoms with Crippen molar-refractivity contribution in [3.63, 3.8) is 0 Å². The van der Waals surface area contributed by atoms with E-state index in [4.69, 9.17) is 0 Å². The lowest BCUT2D eigenvalue weighted by Gasteiger charge is -2.22. The minimum Gasteiger partial charge on any atom is -0.334 e. The van der Waals surface area contributed by atoms with Gasteiger partial charge in [0.2, 0.25) is 0 Å². The SMILES string of the molecule is CCCCN(Cc1cc2ccc(C)cc2[nH]c1=O)C(=O)c1ccccc1. The van der Waals surface area contributed by atoms with Crippen LogP contribution in [0.2, 0.25) is 0 Å². The first-order chi connectivity index (χ1) is 12.6. The van der Waals surface area contributed by atoms with Gasteiger partial charge >= 0.3 is 0 Å². The highest BCUT2D eigenvalue weighted by atomic mass is 16.2. The first kappa shape index (κ1) is 17.9. The van der Waals surface area contributed by atoms with E-state index < -0.39 is 0 Å². The maximum absolute atomic E-state index is 12.9. The van der Waals surface area contributed by atoms with E-state index in [2.05, 4.69) is 11.9 Å². The quantitative estimate of drug-likeness (QED) is 0.723. The zero-order chi connectivity index (χ0) is 18.5. The largest absolute Gasteiger partial charge is 0.334 e. The Bertz CT molecular complexity index is 961. The Hall–Kier alpha value is -2.88. The fourth-order valence-electron chi connectivity index (χ4n) is 3.05. The van der Waals surface area contributed by atoms with E-state index in [1.807, 2.05) is 61.5 Å². The van der Waals surface area contributed by atoms with Crippen molar-refractivity contribution in [1.29, 1.82) is 0 Å². The Morgan fingerprint density at radius 3 is 2.58 bits per heavy atom. The van der Waals surface area contributed by atoms with Crippen molar-refractivity contribution in [2.75, 3.05) is 6.54 Å². The van der Waals surface area contributed by atoms with Crippen LogP contribution in [0.3, 0.4) is 0 Å². The Labute approximate surface area is 153 Å². The standard InChI is InChI=1S/C22H24N2O2/c1-3-4-12-24(22(26)17-8-6-5-7-9-17)15-19-14-18-11-10-16(2)13-20(18)23-21(19)25/h5-11,13-14H,3-4,12,15H2,1-2H3,(H,23,25). The number of hydrogen-bond donors (Lipinski definition) is 1. The van der Waals surface area contributed by atoms with E-state index in [0.717, 1.165) is 29.3 Å². The third-order valence-corrected chi connectivity index (χ3v) is 4.53. The van der Waals surface area contributed by atoms with Crippen molar-refractivity contribution < 1.29 is 4.79 Å². The second kappa shape index (κ2) is 8.00. The molecule has 26 heavy (non-hydrogen) atoms. The molecule has 0 spiro atoms. The molecule has 0 bridgehead atoms. The number of rotatable bonds is 6. The summed E-state index contributed by atoms with van der Waals surface area (Å²) in [6.07, 6.45) is 1.90. The van der Waals surface area contributed by atoms with E-state index in [-0.39, 0.29) is 11.5 Å². The van der Waals surface area contributed by atoms with Gasteiger partial charge in [-0.2, -0.15) is 0 Å². The summed E-state index contributed by atoms with van der Waals surface area (Å²) in [7, 11) is 0. The van der Waals surface area contributed by atoms with Crippen LogP contribution in [-0.2, 0) is 6.54 Å². The molecule has 1 aromatic heterocycles. The van der Waals surface area contributed by atoms with Crippen molar-refractivity contribution in [2.24, 2.45) is 0 Å². The van der Waals surface area contributed by atoms with Crippen LogP contribution >= 0.6 is 0 Å². The molecule has 1 amide bonds. The first-order valence-electron chi connectivity index (χ1n) is 9.05. The molecule has 3 rings (SSSR count). The maximum Gasteiger partial charge on any atom is 0.254 e. The highest BCUT2D eigenvalue weighted by Gasteiger charge is 2.17. The van der Waals surface area contributed by atoms with Crippen LogP contribution in [0.1, 0.15) is 41.3 Å². The van der Waals surface area contributed by atoms with Crippen LogP contribution in [0.4, 0.5) is 0 Å². The summed E-state index contributed by atoms with van der Waals surface area (Å²) in [5, 5.41) is 0.979. The van der Waals surface area contributed by atoms with Gasteiger partial charge in [-0.15, -0.1) is 0 Å². The summed E-state index contributed by atoms with van der Waals surface area (Å²) in [5.41, 5.74) is 3.06. The van der Waals surface area contributed by atoms with Crippen LogP contribution in [-0.4, -0.2) is 22.3 Å². The van der Waals surface area contributed by atoms with Crippen molar-refractivity contribution in [2.45, 2.75) is 33.2 Å². The Balaban J connectivity index is 1.92. The van der Waals surface area contributed by atoms with Gasteiger partial charge < -0.3 is 9.88 Å². The van der Waals surface area contributed by atoms with Crippen molar-refractivity contribution in [3.05, 3.63) is 81.6 Å². The summed E-state index contributed by atoms with van der Waals surface area (Å²) in [4.78, 5) is 30.1. The lowest BCUT2D eigenvalue weighted by atomic mass is 10.1. The number of fused-ring (bicyclic) bond motifs is 1. The van der Waals surface area contributed by atoms with Gasteiger partial charge in [-0.05, 0) is 48.6 Å². The van der Waals surface area contributed by atoms with E-state index in [1.165, 1.54) is 0 Å². The van der Waals surface area contributed by atoms with Crippen LogP contribution < -0.4 is 5.56 Å². The molecule has 0 aliphatic carbocycles. The number of aromatic nitrogens is 1. The normalized spacial score (nSPS) is 10.8. The fourth-order valence-corrected chi connectivity index (χ4v) is 3.05. The van der Waals surface area contributed by atoms with E-state index in [1.54, 1.807) is 4.90 Å². The van der Waals surface area contributed by atoms with Gasteiger partial charge in [0.05, 0.1) is 6.54 Å². The lowest BCUT2D eigenvalue weighted by molar-refractivity contribution is 0.0740. The van der Waals surface area contributed by atoms with Gasteiger partial charge in [0.25, 0.3) is 11.5 Å². The topological polar surface area (TPSA) is 53.2 Å². The lowest BCUT2D eigenvalue weighted by Crippen LogP contribution is -2.33. The predicted molar refractivity (Wildman–Crippen MR) is 105 cm³/mol. The second-order valence-corrected chi connectivity index (χ2v) is 6.66. The predicted octanol–water partition coefficient (Wildman–Crippen LogP) is 4.28. The zero-order valence-corrected chi connectivity index (χ0v) is 15.3. The number of aryl methyl sites for hydroxylation is 1. The average Bonchev–Trinajstić information content (AvgIpc) is 2.65. The van der Waals surface area contributed by atoms with E-state index >= 15 is 0 Å². The first-order valence-corrected chi connectivity index (χ1v) is 9.05. The minimum absolute atomic E-state index is 0.0394. The van der Waals surface area contributed by atoms with Gasteiger partial charge in [-0.25, -0.2) is 0 Å². The van der Waals surface area contributed by atoms with Gasteiger partial charge in [-0.1, -0.05) is 43.7 Å². The number of nitrogens with one attached hydrogen (secondary N) is 1. The molecular weight excluding hydrogens is 324 g/mol. The number of aromatic amines is 1. The fraction of sp³-hybridized carbons (Fsp3) is 0.273. The summed E-state index contributed by atoms with van der Waals surface area (Å²) in [5.74, 6) is -0.0394. The van der Waals surface area contributed by atoms with Crippen LogP contribution in [0.15, 0.2) is 59.4 Å². The number of carbonyl (C=O) groups is 1. The maximum atomic E-state index is 12.9. The molecule has 134 valence electrons. The monoisotopic (exact) mass is 348 g/mol. The van der Waals surface area contributed by atoms with Gasteiger partial charge in [0.1, 0.15) is 0 Å². The van der Waals surface area contributed by atoms with Gasteiger partial charge in [0.15, 0.2) is 0 Å². The van der Waals surface area contributed by atoms with Crippen molar-refractivity contribution in [1.82, 2.24) is 9.88 Å². The number of carbonyl (C=O) groups excluding carboxylic acids is 1. The van der Waals surface area contributed by atoms with Gasteiger partial charge in [0, 0.05) is 23.2 Å². The molecule has 1 N–H and O–H groups in total. The molecule has 0 aliphatic rings. The molecule has 3 aromatic rings. The summed E-state index contributed by atoms with van der Waals surface area (Å²) in [6, 6.07) is 17.1. The third kappa shape index (κ3) is 4.02. The molecule has 0 saturated carbocycles. The van der Waals surface area contributed by atoms with Crippen molar-refractivity contribution in [3.8, 4) is 0 Å². The Kier molecular flexibility index (Phi) is 5.52. The molecule has 0 fully saturated rings. The molecule has 2 aromatic carbocycles. The van der Waals surface area contributed by atoms with Crippen LogP contribution in [0.25, 0.3) is 10.9 Å². The van der Waals surface area contributed by atoms with E-state index in [9.17, 15) is 9.59 Å². The zero-order valence-electron chi connectivity index (χ0n) is 15.3. The molecule has 4 heteroatoms. The summed E-state index contributed by atoms with van der Waals surface area (Å²) < 4.78 is 0. The second-order valence-electron chi connectivity index (χ2n) is 6.66. The molecule has 0 unspecified atom stereocenters. The number of unbranched alkanes of at least 4 members (excludes halogenated alkanes) is 1. The number of nitrogens with zero attached hydrogens (tertiary/aromatic N) is 1. The molecule has 4 nitrogen and oxygen atoms in total.